The smallest absolute Gasteiger partial charge is 0.250 e. The van der Waals surface area contributed by atoms with Crippen molar-refractivity contribution >= 4 is 50.8 Å². The minimum absolute atomic E-state index is 0. The molecule has 4 N–H and O–H groups in total. The molecule has 0 spiro atoms. The third-order valence-corrected chi connectivity index (χ3v) is 6.93. The van der Waals surface area contributed by atoms with Crippen LogP contribution in [0.4, 0.5) is 5.82 Å². The number of nitrogens with two attached hydrogens (primary N) is 2. The Morgan fingerprint density at radius 3 is 2.06 bits per heavy atom. The Morgan fingerprint density at radius 1 is 0.909 bits per heavy atom. The quantitative estimate of drug-likeness (QED) is 0.291. The molecule has 5 aromatic rings. The molecule has 2 aromatic carbocycles. The summed E-state index contributed by atoms with van der Waals surface area (Å²) in [7, 11) is 0. The lowest BCUT2D eigenvalue weighted by molar-refractivity contribution is 0.100. The Kier molecular flexibility index (Phi) is 7.71. The Bertz CT molecular complexity index is 1380. The van der Waals surface area contributed by atoms with Crippen LogP contribution in [0.15, 0.2) is 84.4 Å². The number of aldehydes is 1. The highest BCUT2D eigenvalue weighted by Gasteiger charge is 2.14. The molecule has 7 heteroatoms. The molecule has 3 aromatic heterocycles. The number of benzene rings is 2. The van der Waals surface area contributed by atoms with Gasteiger partial charge in [0.2, 0.25) is 0 Å². The van der Waals surface area contributed by atoms with Gasteiger partial charge in [-0.15, -0.1) is 22.7 Å². The Hall–Kier alpha value is -3.81. The van der Waals surface area contributed by atoms with Gasteiger partial charge >= 0.3 is 0 Å². The highest BCUT2D eigenvalue weighted by atomic mass is 32.1. The normalized spacial score (nSPS) is 10.1. The zero-order valence-electron chi connectivity index (χ0n) is 16.9. The van der Waals surface area contributed by atoms with Crippen molar-refractivity contribution in [1.82, 2.24) is 4.98 Å². The van der Waals surface area contributed by atoms with E-state index in [1.165, 1.54) is 23.1 Å². The third-order valence-electron chi connectivity index (χ3n) is 4.73. The summed E-state index contributed by atoms with van der Waals surface area (Å²) in [5.74, 6) is -0.0675. The van der Waals surface area contributed by atoms with Gasteiger partial charge in [0.15, 0.2) is 6.29 Å². The van der Waals surface area contributed by atoms with Crippen molar-refractivity contribution in [3.05, 3.63) is 95.5 Å². The van der Waals surface area contributed by atoms with Gasteiger partial charge in [-0.1, -0.05) is 68.1 Å². The van der Waals surface area contributed by atoms with Gasteiger partial charge in [0.05, 0.1) is 10.3 Å². The maximum absolute atomic E-state index is 11.4. The predicted molar refractivity (Wildman–Crippen MR) is 140 cm³/mol. The van der Waals surface area contributed by atoms with Gasteiger partial charge in [0.25, 0.3) is 5.91 Å². The van der Waals surface area contributed by atoms with Crippen LogP contribution in [0.3, 0.4) is 0 Å². The minimum Gasteiger partial charge on any atom is -0.383 e. The first-order chi connectivity index (χ1) is 15.6. The molecule has 0 aliphatic heterocycles. The van der Waals surface area contributed by atoms with E-state index in [4.69, 9.17) is 11.5 Å². The molecular formula is C26H23N3O2S2. The number of hydrogen-bond acceptors (Lipinski definition) is 6. The molecule has 5 rings (SSSR count). The third kappa shape index (κ3) is 5.34. The molecule has 0 bridgehead atoms. The molecule has 0 aliphatic carbocycles. The number of rotatable bonds is 4. The molecule has 3 heterocycles. The largest absolute Gasteiger partial charge is 0.383 e. The number of primary amides is 1. The summed E-state index contributed by atoms with van der Waals surface area (Å²) in [6, 6.07) is 23.8. The Balaban J connectivity index is 0.000000192. The second-order valence-corrected chi connectivity index (χ2v) is 8.83. The van der Waals surface area contributed by atoms with Crippen LogP contribution in [-0.2, 0) is 0 Å². The summed E-state index contributed by atoms with van der Waals surface area (Å²) < 4.78 is 0.801. The number of thiophene rings is 2. The summed E-state index contributed by atoms with van der Waals surface area (Å²) in [5, 5.41) is 2.64. The first-order valence-corrected chi connectivity index (χ1v) is 11.4. The van der Waals surface area contributed by atoms with Gasteiger partial charge in [-0.25, -0.2) is 4.98 Å². The second kappa shape index (κ2) is 10.7. The summed E-state index contributed by atoms with van der Waals surface area (Å²) in [5.41, 5.74) is 14.6. The number of hydrogen-bond donors (Lipinski definition) is 2. The Morgan fingerprint density at radius 2 is 1.52 bits per heavy atom. The van der Waals surface area contributed by atoms with Crippen molar-refractivity contribution in [1.29, 1.82) is 0 Å². The van der Waals surface area contributed by atoms with Gasteiger partial charge in [0.1, 0.15) is 5.82 Å². The van der Waals surface area contributed by atoms with Crippen LogP contribution in [-0.4, -0.2) is 17.2 Å². The number of amides is 1. The number of nitrogens with zero attached hydrogens (tertiary/aromatic N) is 1. The SMILES string of the molecule is C.NC(=O)c1cnc(N)c2sc(-c3ccccc3)cc12.O=Cc1csc(-c2ccccc2)c1. The van der Waals surface area contributed by atoms with Crippen molar-refractivity contribution in [3.63, 3.8) is 0 Å². The van der Waals surface area contributed by atoms with E-state index in [2.05, 4.69) is 4.98 Å². The summed E-state index contributed by atoms with van der Waals surface area (Å²) >= 11 is 3.11. The van der Waals surface area contributed by atoms with Crippen LogP contribution >= 0.6 is 22.7 Å². The molecule has 0 atom stereocenters. The van der Waals surface area contributed by atoms with Gasteiger partial charge in [-0.2, -0.15) is 0 Å². The van der Waals surface area contributed by atoms with Gasteiger partial charge in [-0.3, -0.25) is 9.59 Å². The molecule has 5 nitrogen and oxygen atoms in total. The zero-order chi connectivity index (χ0) is 22.5. The van der Waals surface area contributed by atoms with Gasteiger partial charge in [-0.05, 0) is 23.3 Å². The van der Waals surface area contributed by atoms with E-state index >= 15 is 0 Å². The lowest BCUT2D eigenvalue weighted by Crippen LogP contribution is -2.11. The summed E-state index contributed by atoms with van der Waals surface area (Å²) in [6.45, 7) is 0. The molecular weight excluding hydrogens is 450 g/mol. The fourth-order valence-corrected chi connectivity index (χ4v) is 5.10. The van der Waals surface area contributed by atoms with Crippen LogP contribution < -0.4 is 11.5 Å². The highest BCUT2D eigenvalue weighted by molar-refractivity contribution is 7.22. The van der Waals surface area contributed by atoms with Crippen molar-refractivity contribution in [3.8, 4) is 20.9 Å². The topological polar surface area (TPSA) is 99.1 Å². The number of carbonyl (C=O) groups excluding carboxylic acids is 2. The average molecular weight is 474 g/mol. The first kappa shape index (κ1) is 23.8. The van der Waals surface area contributed by atoms with Crippen molar-refractivity contribution in [2.75, 3.05) is 5.73 Å². The predicted octanol–water partition coefficient (Wildman–Crippen LogP) is 6.51. The maximum Gasteiger partial charge on any atom is 0.250 e. The van der Waals surface area contributed by atoms with E-state index in [1.807, 2.05) is 78.2 Å². The van der Waals surface area contributed by atoms with Crippen LogP contribution in [0.1, 0.15) is 28.1 Å². The van der Waals surface area contributed by atoms with Gasteiger partial charge in [0, 0.05) is 32.3 Å². The van der Waals surface area contributed by atoms with Gasteiger partial charge < -0.3 is 11.5 Å². The molecule has 166 valence electrons. The number of anilines is 1. The number of carbonyl (C=O) groups is 2. The highest BCUT2D eigenvalue weighted by Crippen LogP contribution is 2.37. The Labute approximate surface area is 200 Å². The van der Waals surface area contributed by atoms with E-state index in [0.717, 1.165) is 37.3 Å². The van der Waals surface area contributed by atoms with E-state index in [1.54, 1.807) is 11.3 Å². The average Bonchev–Trinajstić information content (AvgIpc) is 3.49. The number of pyridine rings is 1. The lowest BCUT2D eigenvalue weighted by Gasteiger charge is -1.99. The zero-order valence-corrected chi connectivity index (χ0v) is 18.5. The second-order valence-electron chi connectivity index (χ2n) is 6.87. The molecule has 0 unspecified atom stereocenters. The summed E-state index contributed by atoms with van der Waals surface area (Å²) in [4.78, 5) is 28.1. The fraction of sp³-hybridized carbons (Fsp3) is 0.0385. The van der Waals surface area contributed by atoms with E-state index in [9.17, 15) is 9.59 Å². The number of fused-ring (bicyclic) bond motifs is 1. The van der Waals surface area contributed by atoms with E-state index in [-0.39, 0.29) is 7.43 Å². The molecule has 0 saturated carbocycles. The van der Waals surface area contributed by atoms with E-state index < -0.39 is 5.91 Å². The van der Waals surface area contributed by atoms with Crippen LogP contribution in [0.25, 0.3) is 31.0 Å². The molecule has 0 aliphatic rings. The minimum atomic E-state index is -0.491. The van der Waals surface area contributed by atoms with Crippen LogP contribution in [0.5, 0.6) is 0 Å². The lowest BCUT2D eigenvalue weighted by atomic mass is 10.1. The van der Waals surface area contributed by atoms with Crippen LogP contribution in [0, 0.1) is 0 Å². The van der Waals surface area contributed by atoms with E-state index in [0.29, 0.717) is 11.4 Å². The monoisotopic (exact) mass is 473 g/mol. The molecule has 0 saturated heterocycles. The van der Waals surface area contributed by atoms with Crippen molar-refractivity contribution in [2.24, 2.45) is 5.73 Å². The number of nitrogen functional groups attached to an aromatic ring is 1. The maximum atomic E-state index is 11.4. The first-order valence-electron chi connectivity index (χ1n) is 9.69. The van der Waals surface area contributed by atoms with Crippen molar-refractivity contribution < 1.29 is 9.59 Å². The number of aromatic nitrogens is 1. The molecule has 33 heavy (non-hydrogen) atoms. The summed E-state index contributed by atoms with van der Waals surface area (Å²) in [6.07, 6.45) is 2.31. The molecule has 0 radical (unpaired) electrons. The molecule has 1 amide bonds. The molecule has 0 fully saturated rings. The standard InChI is InChI=1S/C14H11N3OS.C11H8OS.CH4/c15-13-12-9(10(7-17-13)14(16)18)6-11(19-12)8-4-2-1-3-5-8;12-7-9-6-11(13-8-9)10-4-2-1-3-5-10;/h1-7H,(H2,15,17)(H2,16,18);1-8H;1H4. The van der Waals surface area contributed by atoms with Crippen molar-refractivity contribution in [2.45, 2.75) is 7.43 Å². The fourth-order valence-electron chi connectivity index (χ4n) is 3.15. The van der Waals surface area contributed by atoms with Crippen LogP contribution in [0.2, 0.25) is 0 Å².